The van der Waals surface area contributed by atoms with Crippen LogP contribution in [0.15, 0.2) is 52.9 Å². The van der Waals surface area contributed by atoms with Crippen molar-refractivity contribution in [3.8, 4) is 5.75 Å². The molecule has 3 rings (SSSR count). The van der Waals surface area contributed by atoms with Crippen LogP contribution in [0.4, 0.5) is 0 Å². The van der Waals surface area contributed by atoms with E-state index >= 15 is 0 Å². The Morgan fingerprint density at radius 1 is 1.08 bits per heavy atom. The normalized spacial score (nSPS) is 15.2. The van der Waals surface area contributed by atoms with Gasteiger partial charge in [0, 0.05) is 6.26 Å². The number of benzene rings is 2. The molecule has 4 heteroatoms. The molecule has 1 aliphatic carbocycles. The molecule has 0 N–H and O–H groups in total. The van der Waals surface area contributed by atoms with Gasteiger partial charge in [0.2, 0.25) is 0 Å². The topological polar surface area (TPSA) is 43.4 Å². The fourth-order valence-electron chi connectivity index (χ4n) is 3.09. The molecular weight excluding hydrogens is 332 g/mol. The summed E-state index contributed by atoms with van der Waals surface area (Å²) < 4.78 is 28.9. The maximum atomic E-state index is 11.8. The van der Waals surface area contributed by atoms with Gasteiger partial charge in [-0.1, -0.05) is 37.6 Å². The molecule has 2 aromatic rings. The van der Waals surface area contributed by atoms with E-state index in [9.17, 15) is 8.42 Å². The highest BCUT2D eigenvalue weighted by molar-refractivity contribution is 7.90. The summed E-state index contributed by atoms with van der Waals surface area (Å²) in [5, 5.41) is 0. The van der Waals surface area contributed by atoms with Crippen LogP contribution >= 0.6 is 0 Å². The van der Waals surface area contributed by atoms with E-state index in [2.05, 4.69) is 19.1 Å². The molecule has 0 fully saturated rings. The molecule has 0 radical (unpaired) electrons. The minimum atomic E-state index is -3.20. The summed E-state index contributed by atoms with van der Waals surface area (Å²) >= 11 is 0. The molecule has 25 heavy (non-hydrogen) atoms. The van der Waals surface area contributed by atoms with Crippen LogP contribution in [0.5, 0.6) is 5.75 Å². The van der Waals surface area contributed by atoms with E-state index in [4.69, 9.17) is 4.74 Å². The van der Waals surface area contributed by atoms with Crippen molar-refractivity contribution >= 4 is 27.6 Å². The number of methoxy groups -OCH3 is 1. The lowest BCUT2D eigenvalue weighted by Crippen LogP contribution is -1.97. The first kappa shape index (κ1) is 17.5. The second kappa shape index (κ2) is 6.89. The molecule has 0 bridgehead atoms. The lowest BCUT2D eigenvalue weighted by molar-refractivity contribution is 0.415. The first-order chi connectivity index (χ1) is 11.9. The van der Waals surface area contributed by atoms with Gasteiger partial charge in [-0.25, -0.2) is 8.42 Å². The van der Waals surface area contributed by atoms with Crippen molar-refractivity contribution in [3.05, 3.63) is 64.7 Å². The third kappa shape index (κ3) is 3.69. The summed E-state index contributed by atoms with van der Waals surface area (Å²) in [6.07, 6.45) is 7.52. The predicted molar refractivity (Wildman–Crippen MR) is 103 cm³/mol. The highest BCUT2D eigenvalue weighted by atomic mass is 32.2. The van der Waals surface area contributed by atoms with Gasteiger partial charge in [-0.2, -0.15) is 0 Å². The average Bonchev–Trinajstić information content (AvgIpc) is 2.92. The summed E-state index contributed by atoms with van der Waals surface area (Å²) in [5.41, 5.74) is 5.58. The summed E-state index contributed by atoms with van der Waals surface area (Å²) in [4.78, 5) is 0.365. The second-order valence-corrected chi connectivity index (χ2v) is 8.29. The third-order valence-corrected chi connectivity index (χ3v) is 5.47. The van der Waals surface area contributed by atoms with Crippen LogP contribution < -0.4 is 4.74 Å². The largest absolute Gasteiger partial charge is 0.497 e. The van der Waals surface area contributed by atoms with Gasteiger partial charge in [-0.15, -0.1) is 0 Å². The van der Waals surface area contributed by atoms with E-state index in [1.807, 2.05) is 30.3 Å². The van der Waals surface area contributed by atoms with Crippen molar-refractivity contribution in [2.75, 3.05) is 13.4 Å². The number of hydrogen-bond donors (Lipinski definition) is 0. The van der Waals surface area contributed by atoms with Gasteiger partial charge < -0.3 is 4.74 Å². The van der Waals surface area contributed by atoms with Crippen LogP contribution in [0.1, 0.15) is 36.5 Å². The van der Waals surface area contributed by atoms with E-state index in [1.165, 1.54) is 17.4 Å². The van der Waals surface area contributed by atoms with Crippen molar-refractivity contribution in [1.82, 2.24) is 0 Å². The molecule has 0 saturated heterocycles. The Morgan fingerprint density at radius 3 is 2.40 bits per heavy atom. The maximum absolute atomic E-state index is 11.8. The summed E-state index contributed by atoms with van der Waals surface area (Å²) in [7, 11) is -1.55. The Bertz CT molecular complexity index is 949. The molecule has 0 unspecified atom stereocenters. The monoisotopic (exact) mass is 354 g/mol. The highest BCUT2D eigenvalue weighted by Crippen LogP contribution is 2.40. The van der Waals surface area contributed by atoms with Gasteiger partial charge in [0.25, 0.3) is 0 Å². The Kier molecular flexibility index (Phi) is 4.82. The minimum Gasteiger partial charge on any atom is -0.497 e. The number of allylic oxidation sites excluding steroid dienone is 2. The molecule has 0 saturated carbocycles. The zero-order chi connectivity index (χ0) is 18.0. The van der Waals surface area contributed by atoms with Crippen LogP contribution in [-0.2, 0) is 9.84 Å². The molecule has 0 spiro atoms. The van der Waals surface area contributed by atoms with Crippen molar-refractivity contribution in [1.29, 1.82) is 0 Å². The number of sulfone groups is 1. The van der Waals surface area contributed by atoms with Crippen LogP contribution in [0.2, 0.25) is 0 Å². The zero-order valence-electron chi connectivity index (χ0n) is 14.7. The van der Waals surface area contributed by atoms with Crippen molar-refractivity contribution < 1.29 is 13.2 Å². The van der Waals surface area contributed by atoms with Crippen LogP contribution in [0, 0.1) is 0 Å². The molecular formula is C21H22O3S. The van der Waals surface area contributed by atoms with E-state index in [-0.39, 0.29) is 0 Å². The first-order valence-corrected chi connectivity index (χ1v) is 10.2. The quantitative estimate of drug-likeness (QED) is 0.772. The van der Waals surface area contributed by atoms with Crippen molar-refractivity contribution in [3.63, 3.8) is 0 Å². The second-order valence-electron chi connectivity index (χ2n) is 6.27. The van der Waals surface area contributed by atoms with E-state index in [0.717, 1.165) is 35.3 Å². The SMILES string of the molecule is CCCC1=Cc2cc(S(C)(=O)=O)ccc2/C1=C/c1ccc(OC)cc1. The summed E-state index contributed by atoms with van der Waals surface area (Å²) in [5.74, 6) is 0.830. The number of fused-ring (bicyclic) bond motifs is 1. The lowest BCUT2D eigenvalue weighted by Gasteiger charge is -2.08. The van der Waals surface area contributed by atoms with Gasteiger partial charge >= 0.3 is 0 Å². The lowest BCUT2D eigenvalue weighted by atomic mass is 9.97. The highest BCUT2D eigenvalue weighted by Gasteiger charge is 2.20. The Hall–Kier alpha value is -2.33. The smallest absolute Gasteiger partial charge is 0.175 e. The van der Waals surface area contributed by atoms with Crippen LogP contribution in [0.25, 0.3) is 17.7 Å². The number of rotatable bonds is 5. The maximum Gasteiger partial charge on any atom is 0.175 e. The van der Waals surface area contributed by atoms with Crippen LogP contribution in [-0.4, -0.2) is 21.8 Å². The van der Waals surface area contributed by atoms with Gasteiger partial charge in [-0.3, -0.25) is 0 Å². The molecule has 130 valence electrons. The van der Waals surface area contributed by atoms with E-state index < -0.39 is 9.84 Å². The molecule has 0 aliphatic heterocycles. The van der Waals surface area contributed by atoms with Crippen LogP contribution in [0.3, 0.4) is 0 Å². The Labute approximate surface area is 149 Å². The standard InChI is InChI=1S/C21H22O3S/c1-4-5-16-13-17-14-19(25(3,22)23)10-11-20(17)21(16)12-15-6-8-18(24-2)9-7-15/h6-14H,4-5H2,1-3H3/b21-12+. The van der Waals surface area contributed by atoms with Crippen molar-refractivity contribution in [2.45, 2.75) is 24.7 Å². The third-order valence-electron chi connectivity index (χ3n) is 4.36. The van der Waals surface area contributed by atoms with Gasteiger partial charge in [0.05, 0.1) is 12.0 Å². The van der Waals surface area contributed by atoms with Crippen molar-refractivity contribution in [2.24, 2.45) is 0 Å². The Morgan fingerprint density at radius 2 is 1.80 bits per heavy atom. The average molecular weight is 354 g/mol. The fraction of sp³-hybridized carbons (Fsp3) is 0.238. The van der Waals surface area contributed by atoms with Gasteiger partial charge in [0.15, 0.2) is 9.84 Å². The molecule has 1 aliphatic rings. The predicted octanol–water partition coefficient (Wildman–Crippen LogP) is 4.84. The number of hydrogen-bond acceptors (Lipinski definition) is 3. The fourth-order valence-corrected chi connectivity index (χ4v) is 3.74. The summed E-state index contributed by atoms with van der Waals surface area (Å²) in [6, 6.07) is 13.3. The first-order valence-electron chi connectivity index (χ1n) is 8.33. The number of ether oxygens (including phenoxy) is 1. The molecule has 2 aromatic carbocycles. The molecule has 0 atom stereocenters. The molecule has 3 nitrogen and oxygen atoms in total. The zero-order valence-corrected chi connectivity index (χ0v) is 15.6. The van der Waals surface area contributed by atoms with E-state index in [0.29, 0.717) is 4.90 Å². The minimum absolute atomic E-state index is 0.365. The Balaban J connectivity index is 2.07. The molecule has 0 aromatic heterocycles. The van der Waals surface area contributed by atoms with Gasteiger partial charge in [-0.05, 0) is 64.6 Å². The summed E-state index contributed by atoms with van der Waals surface area (Å²) in [6.45, 7) is 2.15. The molecule has 0 heterocycles. The van der Waals surface area contributed by atoms with E-state index in [1.54, 1.807) is 19.2 Å². The molecule has 0 amide bonds. The van der Waals surface area contributed by atoms with Gasteiger partial charge in [0.1, 0.15) is 5.75 Å².